The van der Waals surface area contributed by atoms with E-state index >= 15 is 0 Å². The molecule has 0 fully saturated rings. The van der Waals surface area contributed by atoms with Crippen molar-refractivity contribution in [2.24, 2.45) is 0 Å². The molecule has 1 nitrogen and oxygen atoms in total. The van der Waals surface area contributed by atoms with Crippen LogP contribution in [0.2, 0.25) is 0 Å². The second-order valence-corrected chi connectivity index (χ2v) is 4.94. The topological polar surface area (TPSA) is 12.0 Å². The summed E-state index contributed by atoms with van der Waals surface area (Å²) in [5.41, 5.74) is 1.41. The highest BCUT2D eigenvalue weighted by atomic mass is 31.1. The van der Waals surface area contributed by atoms with Crippen molar-refractivity contribution >= 4 is 13.0 Å². The maximum atomic E-state index is 3.26. The quantitative estimate of drug-likeness (QED) is 0.527. The molecule has 1 heterocycles. The van der Waals surface area contributed by atoms with Crippen LogP contribution >= 0.6 is 7.55 Å². The maximum absolute atomic E-state index is 3.26. The van der Waals surface area contributed by atoms with Crippen LogP contribution in [0.25, 0.3) is 0 Å². The van der Waals surface area contributed by atoms with Gasteiger partial charge in [-0.25, -0.2) is 0 Å². The summed E-state index contributed by atoms with van der Waals surface area (Å²) < 4.78 is 0. The van der Waals surface area contributed by atoms with Crippen LogP contribution in [0, 0.1) is 0 Å². The van der Waals surface area contributed by atoms with Crippen molar-refractivity contribution < 1.29 is 0 Å². The standard InChI is InChI=1S/C8H14NP/c1-8-9-6-4-3-5-7-10(8)2/h4-7,9-10H,3H2,1-2H3/b6-4?,7-5-. The largest absolute Gasteiger partial charge is 0.366 e. The average molecular weight is 155 g/mol. The molecule has 1 unspecified atom stereocenters. The van der Waals surface area contributed by atoms with Crippen molar-refractivity contribution in [3.8, 4) is 0 Å². The predicted molar refractivity (Wildman–Crippen MR) is 51.0 cm³/mol. The Hall–Kier alpha value is -0.420. The average Bonchev–Trinajstić information content (AvgIpc) is 1.92. The minimum Gasteiger partial charge on any atom is -0.366 e. The summed E-state index contributed by atoms with van der Waals surface area (Å²) in [6.07, 6.45) is 7.48. The molecule has 0 bridgehead atoms. The van der Waals surface area contributed by atoms with Crippen molar-refractivity contribution in [2.75, 3.05) is 6.66 Å². The molecule has 0 spiro atoms. The highest BCUT2D eigenvalue weighted by Gasteiger charge is 1.89. The third kappa shape index (κ3) is 2.07. The summed E-state index contributed by atoms with van der Waals surface area (Å²) >= 11 is 0. The van der Waals surface area contributed by atoms with E-state index in [0.717, 1.165) is 6.42 Å². The highest BCUT2D eigenvalue weighted by molar-refractivity contribution is 7.61. The summed E-state index contributed by atoms with van der Waals surface area (Å²) in [5, 5.41) is 3.26. The lowest BCUT2D eigenvalue weighted by Crippen LogP contribution is -2.11. The van der Waals surface area contributed by atoms with Crippen molar-refractivity contribution in [1.29, 1.82) is 0 Å². The monoisotopic (exact) mass is 155 g/mol. The molecule has 1 aliphatic rings. The molecular formula is C8H14NP. The maximum Gasteiger partial charge on any atom is 0.00853 e. The van der Waals surface area contributed by atoms with Crippen LogP contribution in [-0.2, 0) is 0 Å². The number of allylic oxidation sites excluding steroid dienone is 2. The van der Waals surface area contributed by atoms with Crippen LogP contribution < -0.4 is 5.32 Å². The molecule has 0 amide bonds. The molecule has 1 rings (SSSR count). The first-order chi connectivity index (χ1) is 4.80. The van der Waals surface area contributed by atoms with Gasteiger partial charge in [0.25, 0.3) is 0 Å². The van der Waals surface area contributed by atoms with Gasteiger partial charge in [-0.15, -0.1) is 0 Å². The Balaban J connectivity index is 2.80. The molecule has 10 heavy (non-hydrogen) atoms. The Labute approximate surface area is 63.2 Å². The molecule has 0 aliphatic carbocycles. The zero-order chi connectivity index (χ0) is 7.40. The van der Waals surface area contributed by atoms with Crippen molar-refractivity contribution in [3.63, 3.8) is 0 Å². The van der Waals surface area contributed by atoms with Gasteiger partial charge in [0.2, 0.25) is 0 Å². The van der Waals surface area contributed by atoms with Gasteiger partial charge in [0.05, 0.1) is 0 Å². The van der Waals surface area contributed by atoms with E-state index in [0.29, 0.717) is 0 Å². The molecule has 0 aromatic heterocycles. The zero-order valence-electron chi connectivity index (χ0n) is 6.52. The van der Waals surface area contributed by atoms with E-state index in [1.165, 1.54) is 5.42 Å². The Morgan fingerprint density at radius 3 is 3.10 bits per heavy atom. The molecule has 0 aromatic rings. The molecule has 0 saturated carbocycles. The first-order valence-corrected chi connectivity index (χ1v) is 5.64. The smallest absolute Gasteiger partial charge is 0.00853 e. The van der Waals surface area contributed by atoms with Gasteiger partial charge in [-0.3, -0.25) is 0 Å². The summed E-state index contributed by atoms with van der Waals surface area (Å²) in [7, 11) is -0.356. The molecule has 1 atom stereocenters. The number of nitrogens with one attached hydrogen (secondary N) is 1. The van der Waals surface area contributed by atoms with Gasteiger partial charge in [-0.2, -0.15) is 0 Å². The Morgan fingerprint density at radius 2 is 2.30 bits per heavy atom. The van der Waals surface area contributed by atoms with Gasteiger partial charge in [0, 0.05) is 5.42 Å². The van der Waals surface area contributed by atoms with E-state index in [1.807, 2.05) is 6.20 Å². The van der Waals surface area contributed by atoms with Gasteiger partial charge in [0.1, 0.15) is 0 Å². The lowest BCUT2D eigenvalue weighted by Gasteiger charge is -2.06. The van der Waals surface area contributed by atoms with Crippen LogP contribution in [0.5, 0.6) is 0 Å². The summed E-state index contributed by atoms with van der Waals surface area (Å²) in [6.45, 7) is 4.46. The molecule has 56 valence electrons. The number of rotatable bonds is 0. The van der Waals surface area contributed by atoms with Crippen molar-refractivity contribution in [2.45, 2.75) is 13.3 Å². The molecule has 1 aliphatic heterocycles. The lowest BCUT2D eigenvalue weighted by molar-refractivity contribution is 1.24. The van der Waals surface area contributed by atoms with Crippen molar-refractivity contribution in [1.82, 2.24) is 5.32 Å². The molecule has 0 saturated heterocycles. The first-order valence-electron chi connectivity index (χ1n) is 3.56. The molecule has 0 radical (unpaired) electrons. The predicted octanol–water partition coefficient (Wildman–Crippen LogP) is 2.00. The lowest BCUT2D eigenvalue weighted by atomic mass is 10.4. The van der Waals surface area contributed by atoms with Gasteiger partial charge < -0.3 is 5.32 Å². The van der Waals surface area contributed by atoms with Gasteiger partial charge in [0.15, 0.2) is 0 Å². The fourth-order valence-corrected chi connectivity index (χ4v) is 1.86. The van der Waals surface area contributed by atoms with Crippen LogP contribution in [0.15, 0.2) is 24.2 Å². The summed E-state index contributed by atoms with van der Waals surface area (Å²) in [4.78, 5) is 0. The normalized spacial score (nSPS) is 32.2. The third-order valence-corrected chi connectivity index (χ3v) is 3.71. The minimum atomic E-state index is -0.356. The van der Waals surface area contributed by atoms with E-state index in [9.17, 15) is 0 Å². The molecule has 0 aromatic carbocycles. The zero-order valence-corrected chi connectivity index (χ0v) is 7.52. The van der Waals surface area contributed by atoms with Gasteiger partial charge in [-0.1, -0.05) is 25.5 Å². The summed E-state index contributed by atoms with van der Waals surface area (Å²) in [5.74, 6) is 2.33. The highest BCUT2D eigenvalue weighted by Crippen LogP contribution is 2.21. The second-order valence-electron chi connectivity index (χ2n) is 2.49. The molecular weight excluding hydrogens is 141 g/mol. The molecule has 1 N–H and O–H groups in total. The SMILES string of the molecule is C/C1=[PH](C)/C=C\CC=CN1. The van der Waals surface area contributed by atoms with Crippen LogP contribution in [0.4, 0.5) is 0 Å². The van der Waals surface area contributed by atoms with Gasteiger partial charge >= 0.3 is 0 Å². The molecule has 2 heteroatoms. The van der Waals surface area contributed by atoms with Crippen molar-refractivity contribution in [3.05, 3.63) is 24.2 Å². The Morgan fingerprint density at radius 1 is 1.50 bits per heavy atom. The fraction of sp³-hybridized carbons (Fsp3) is 0.375. The van der Waals surface area contributed by atoms with Crippen LogP contribution in [-0.4, -0.2) is 12.1 Å². The third-order valence-electron chi connectivity index (χ3n) is 1.65. The van der Waals surface area contributed by atoms with E-state index < -0.39 is 0 Å². The Kier molecular flexibility index (Phi) is 2.82. The van der Waals surface area contributed by atoms with E-state index in [1.54, 1.807) is 0 Å². The first kappa shape index (κ1) is 7.68. The minimum absolute atomic E-state index is 0.356. The Bertz CT molecular complexity index is 201. The van der Waals surface area contributed by atoms with E-state index in [2.05, 4.69) is 36.9 Å². The fourth-order valence-electron chi connectivity index (χ4n) is 0.814. The second kappa shape index (κ2) is 3.68. The number of hydrogen-bond donors (Lipinski definition) is 1. The summed E-state index contributed by atoms with van der Waals surface area (Å²) in [6, 6.07) is 0. The number of hydrogen-bond acceptors (Lipinski definition) is 1. The van der Waals surface area contributed by atoms with Crippen LogP contribution in [0.1, 0.15) is 13.3 Å². The van der Waals surface area contributed by atoms with E-state index in [-0.39, 0.29) is 7.55 Å². The van der Waals surface area contributed by atoms with Crippen LogP contribution in [0.3, 0.4) is 0 Å². The van der Waals surface area contributed by atoms with Gasteiger partial charge in [-0.05, 0) is 26.2 Å². The van der Waals surface area contributed by atoms with E-state index in [4.69, 9.17) is 0 Å².